The van der Waals surface area contributed by atoms with Gasteiger partial charge >= 0.3 is 0 Å². The van der Waals surface area contributed by atoms with Crippen LogP contribution in [0.2, 0.25) is 0 Å². The van der Waals surface area contributed by atoms with E-state index in [0.29, 0.717) is 29.8 Å². The van der Waals surface area contributed by atoms with E-state index in [-0.39, 0.29) is 17.5 Å². The van der Waals surface area contributed by atoms with Crippen LogP contribution in [0.1, 0.15) is 56.4 Å². The smallest absolute Gasteiger partial charge is 0.291 e. The van der Waals surface area contributed by atoms with E-state index in [1.54, 1.807) is 6.07 Å². The Morgan fingerprint density at radius 2 is 1.90 bits per heavy atom. The van der Waals surface area contributed by atoms with E-state index < -0.39 is 6.04 Å². The Bertz CT molecular complexity index is 1270. The quantitative estimate of drug-likeness (QED) is 0.526. The molecule has 2 atom stereocenters. The summed E-state index contributed by atoms with van der Waals surface area (Å²) in [6.07, 6.45) is 1.07. The van der Waals surface area contributed by atoms with Crippen molar-refractivity contribution in [2.75, 3.05) is 0 Å². The number of hydrogen-bond acceptors (Lipinski definition) is 4. The predicted octanol–water partition coefficient (Wildman–Crippen LogP) is 3.94. The van der Waals surface area contributed by atoms with Gasteiger partial charge in [-0.15, -0.1) is 0 Å². The number of aryl methyl sites for hydroxylation is 2. The molecule has 1 aromatic carbocycles. The summed E-state index contributed by atoms with van der Waals surface area (Å²) in [5.41, 5.74) is 2.65. The third-order valence-corrected chi connectivity index (χ3v) is 5.48. The highest BCUT2D eigenvalue weighted by atomic mass is 16.3. The molecule has 2 unspecified atom stereocenters. The van der Waals surface area contributed by atoms with E-state index in [1.807, 2.05) is 68.5 Å². The highest BCUT2D eigenvalue weighted by molar-refractivity contribution is 5.84. The van der Waals surface area contributed by atoms with Gasteiger partial charge in [0.2, 0.25) is 5.91 Å². The van der Waals surface area contributed by atoms with E-state index in [4.69, 9.17) is 4.42 Å². The fraction of sp³-hybridized carbons (Fsp3) is 0.348. The van der Waals surface area contributed by atoms with Gasteiger partial charge in [-0.1, -0.05) is 44.2 Å². The minimum Gasteiger partial charge on any atom is -0.460 e. The Kier molecular flexibility index (Phi) is 5.20. The third kappa shape index (κ3) is 3.30. The second kappa shape index (κ2) is 7.82. The number of carbonyl (C=O) groups excluding carboxylic acids is 1. The molecule has 3 aromatic heterocycles. The molecule has 0 fully saturated rings. The molecule has 0 aliphatic heterocycles. The van der Waals surface area contributed by atoms with Gasteiger partial charge in [-0.25, -0.2) is 4.68 Å². The maximum absolute atomic E-state index is 13.3. The molecule has 0 aliphatic rings. The number of carbonyl (C=O) groups is 1. The van der Waals surface area contributed by atoms with Crippen molar-refractivity contribution >= 4 is 22.5 Å². The van der Waals surface area contributed by atoms with Gasteiger partial charge in [-0.2, -0.15) is 5.10 Å². The van der Waals surface area contributed by atoms with Crippen LogP contribution in [0.4, 0.5) is 0 Å². The van der Waals surface area contributed by atoms with Crippen molar-refractivity contribution in [3.05, 3.63) is 70.0 Å². The van der Waals surface area contributed by atoms with Crippen molar-refractivity contribution in [2.24, 2.45) is 0 Å². The van der Waals surface area contributed by atoms with Gasteiger partial charge in [-0.3, -0.25) is 14.0 Å². The van der Waals surface area contributed by atoms with E-state index in [1.165, 1.54) is 4.68 Å². The monoisotopic (exact) mass is 406 g/mol. The number of hydrogen-bond donors (Lipinski definition) is 1. The average Bonchev–Trinajstić information content (AvgIpc) is 3.27. The Balaban J connectivity index is 1.75. The zero-order chi connectivity index (χ0) is 21.4. The van der Waals surface area contributed by atoms with Crippen molar-refractivity contribution in [1.82, 2.24) is 19.5 Å². The summed E-state index contributed by atoms with van der Waals surface area (Å²) in [5.74, 6) is 1.27. The first kappa shape index (κ1) is 19.9. The number of rotatable bonds is 6. The van der Waals surface area contributed by atoms with Gasteiger partial charge in [0.05, 0.1) is 11.6 Å². The summed E-state index contributed by atoms with van der Waals surface area (Å²) in [5, 5.41) is 7.61. The summed E-state index contributed by atoms with van der Waals surface area (Å²) >= 11 is 0. The first-order valence-electron chi connectivity index (χ1n) is 10.3. The number of benzene rings is 1. The van der Waals surface area contributed by atoms with Gasteiger partial charge in [-0.05, 0) is 25.8 Å². The van der Waals surface area contributed by atoms with Crippen LogP contribution in [-0.4, -0.2) is 20.1 Å². The van der Waals surface area contributed by atoms with Gasteiger partial charge in [0, 0.05) is 18.6 Å². The summed E-state index contributed by atoms with van der Waals surface area (Å²) < 4.78 is 8.87. The molecule has 0 saturated carbocycles. The van der Waals surface area contributed by atoms with E-state index >= 15 is 0 Å². The van der Waals surface area contributed by atoms with Crippen LogP contribution in [0.5, 0.6) is 0 Å². The second-order valence-electron chi connectivity index (χ2n) is 7.56. The lowest BCUT2D eigenvalue weighted by Crippen LogP contribution is -2.40. The fourth-order valence-electron chi connectivity index (χ4n) is 3.93. The van der Waals surface area contributed by atoms with Crippen molar-refractivity contribution in [3.63, 3.8) is 0 Å². The van der Waals surface area contributed by atoms with E-state index in [2.05, 4.69) is 10.4 Å². The third-order valence-electron chi connectivity index (χ3n) is 5.48. The Morgan fingerprint density at radius 1 is 1.17 bits per heavy atom. The molecule has 4 aromatic rings. The molecule has 30 heavy (non-hydrogen) atoms. The lowest BCUT2D eigenvalue weighted by molar-refractivity contribution is -0.125. The molecule has 7 nitrogen and oxygen atoms in total. The Labute approximate surface area is 174 Å². The minimum atomic E-state index is -0.693. The van der Waals surface area contributed by atoms with Gasteiger partial charge in [0.15, 0.2) is 5.58 Å². The minimum absolute atomic E-state index is 0.170. The molecule has 7 heteroatoms. The maximum Gasteiger partial charge on any atom is 0.291 e. The lowest BCUT2D eigenvalue weighted by Gasteiger charge is -2.21. The topological polar surface area (TPSA) is 81.5 Å². The van der Waals surface area contributed by atoms with Crippen molar-refractivity contribution < 1.29 is 9.21 Å². The highest BCUT2D eigenvalue weighted by Crippen LogP contribution is 2.24. The van der Waals surface area contributed by atoms with Gasteiger partial charge < -0.3 is 9.73 Å². The first-order valence-corrected chi connectivity index (χ1v) is 10.3. The average molecular weight is 406 g/mol. The highest BCUT2D eigenvalue weighted by Gasteiger charge is 2.25. The standard InChI is InChI=1S/C23H26N4O3/c1-5-17(22(28)24-15(4)16-10-8-7-9-11-16)27-23(29)19-13-20-18(12-14(3)30-20)26(19)21(6-2)25-27/h7-13,15,17H,5-6H2,1-4H3,(H,24,28). The Hall–Kier alpha value is -3.35. The number of furan rings is 1. The summed E-state index contributed by atoms with van der Waals surface area (Å²) in [6, 6.07) is 12.5. The zero-order valence-electron chi connectivity index (χ0n) is 17.7. The molecule has 1 N–H and O–H groups in total. The SMILES string of the molecule is CCc1nn(C(CC)C(=O)NC(C)c2ccccc2)c(=O)c2cc3oc(C)cc3n12. The molecule has 0 radical (unpaired) electrons. The lowest BCUT2D eigenvalue weighted by atomic mass is 10.1. The summed E-state index contributed by atoms with van der Waals surface area (Å²) in [6.45, 7) is 7.67. The predicted molar refractivity (Wildman–Crippen MR) is 116 cm³/mol. The van der Waals surface area contributed by atoms with Crippen LogP contribution in [0.3, 0.4) is 0 Å². The number of nitrogens with zero attached hydrogens (tertiary/aromatic N) is 3. The van der Waals surface area contributed by atoms with Crippen LogP contribution in [0.15, 0.2) is 51.7 Å². The van der Waals surface area contributed by atoms with E-state index in [9.17, 15) is 9.59 Å². The first-order chi connectivity index (χ1) is 14.4. The van der Waals surface area contributed by atoms with Crippen LogP contribution in [-0.2, 0) is 11.2 Å². The van der Waals surface area contributed by atoms with Crippen LogP contribution >= 0.6 is 0 Å². The maximum atomic E-state index is 13.3. The molecule has 0 spiro atoms. The molecule has 0 saturated heterocycles. The van der Waals surface area contributed by atoms with Gasteiger partial charge in [0.1, 0.15) is 23.1 Å². The normalized spacial score (nSPS) is 13.6. The molecule has 0 aliphatic carbocycles. The van der Waals surface area contributed by atoms with Crippen molar-refractivity contribution in [3.8, 4) is 0 Å². The molecule has 4 rings (SSSR count). The van der Waals surface area contributed by atoms with Crippen LogP contribution in [0, 0.1) is 6.92 Å². The summed E-state index contributed by atoms with van der Waals surface area (Å²) in [4.78, 5) is 26.3. The number of amides is 1. The number of aromatic nitrogens is 3. The fourth-order valence-corrected chi connectivity index (χ4v) is 3.93. The van der Waals surface area contributed by atoms with E-state index in [0.717, 1.165) is 16.8 Å². The molecule has 156 valence electrons. The van der Waals surface area contributed by atoms with Crippen molar-refractivity contribution in [1.29, 1.82) is 0 Å². The largest absolute Gasteiger partial charge is 0.460 e. The zero-order valence-corrected chi connectivity index (χ0v) is 17.7. The number of nitrogens with one attached hydrogen (secondary N) is 1. The molecular formula is C23H26N4O3. The molecule has 0 bridgehead atoms. The second-order valence-corrected chi connectivity index (χ2v) is 7.56. The van der Waals surface area contributed by atoms with Crippen molar-refractivity contribution in [2.45, 2.75) is 52.6 Å². The van der Waals surface area contributed by atoms with Gasteiger partial charge in [0.25, 0.3) is 5.56 Å². The molecule has 1 amide bonds. The Morgan fingerprint density at radius 3 is 2.57 bits per heavy atom. The summed E-state index contributed by atoms with van der Waals surface area (Å²) in [7, 11) is 0. The number of fused-ring (bicyclic) bond motifs is 3. The molecule has 3 heterocycles. The molecular weight excluding hydrogens is 380 g/mol. The van der Waals surface area contributed by atoms with Crippen LogP contribution in [0.25, 0.3) is 16.6 Å². The van der Waals surface area contributed by atoms with Crippen LogP contribution < -0.4 is 10.9 Å².